The molecule has 0 bridgehead atoms. The van der Waals surface area contributed by atoms with Crippen LogP contribution in [0.15, 0.2) is 75.1 Å². The lowest BCUT2D eigenvalue weighted by molar-refractivity contribution is 0.102. The molecular formula is C21H23N3O5S3. The van der Waals surface area contributed by atoms with E-state index in [9.17, 15) is 21.6 Å². The minimum Gasteiger partial charge on any atom is -0.320 e. The minimum atomic E-state index is -3.80. The lowest BCUT2D eigenvalue weighted by Crippen LogP contribution is -2.30. The number of hydrogen-bond acceptors (Lipinski definition) is 6. The topological polar surface area (TPSA) is 113 Å². The highest BCUT2D eigenvalue weighted by atomic mass is 32.2. The summed E-state index contributed by atoms with van der Waals surface area (Å²) < 4.78 is 54.6. The zero-order chi connectivity index (χ0) is 23.4. The number of anilines is 2. The number of nitrogens with zero attached hydrogens (tertiary/aromatic N) is 1. The van der Waals surface area contributed by atoms with E-state index in [4.69, 9.17) is 0 Å². The summed E-state index contributed by atoms with van der Waals surface area (Å²) in [5.74, 6) is -0.565. The number of carbonyl (C=O) groups excluding carboxylic acids is 1. The van der Waals surface area contributed by atoms with Crippen molar-refractivity contribution in [1.82, 2.24) is 4.31 Å². The van der Waals surface area contributed by atoms with E-state index in [0.29, 0.717) is 13.1 Å². The molecule has 1 aromatic heterocycles. The number of benzene rings is 2. The molecule has 0 radical (unpaired) electrons. The number of hydrogen-bond donors (Lipinski definition) is 2. The fourth-order valence-corrected chi connectivity index (χ4v) is 6.57. The quantitative estimate of drug-likeness (QED) is 0.470. The third-order valence-corrected chi connectivity index (χ3v) is 9.43. The molecule has 0 saturated heterocycles. The second-order valence-electron chi connectivity index (χ2n) is 6.65. The molecule has 3 aromatic rings. The lowest BCUT2D eigenvalue weighted by Gasteiger charge is -2.19. The van der Waals surface area contributed by atoms with Crippen LogP contribution in [0.1, 0.15) is 24.2 Å². The molecule has 0 atom stereocenters. The van der Waals surface area contributed by atoms with Gasteiger partial charge in [0.1, 0.15) is 4.21 Å². The highest BCUT2D eigenvalue weighted by molar-refractivity contribution is 7.94. The summed E-state index contributed by atoms with van der Waals surface area (Å²) in [5.41, 5.74) is 0.574. The van der Waals surface area contributed by atoms with Gasteiger partial charge in [-0.2, -0.15) is 4.31 Å². The molecule has 32 heavy (non-hydrogen) atoms. The van der Waals surface area contributed by atoms with Crippen molar-refractivity contribution in [2.45, 2.75) is 23.0 Å². The minimum absolute atomic E-state index is 0.0144. The van der Waals surface area contributed by atoms with Gasteiger partial charge in [0.05, 0.1) is 16.3 Å². The summed E-state index contributed by atoms with van der Waals surface area (Å²) >= 11 is 1.08. The molecule has 0 saturated carbocycles. The van der Waals surface area contributed by atoms with E-state index in [2.05, 4.69) is 10.0 Å². The molecular weight excluding hydrogens is 470 g/mol. The third kappa shape index (κ3) is 5.18. The fourth-order valence-electron chi connectivity index (χ4n) is 3.00. The summed E-state index contributed by atoms with van der Waals surface area (Å²) in [6.45, 7) is 4.11. The molecule has 8 nitrogen and oxygen atoms in total. The molecule has 0 aliphatic heterocycles. The first-order valence-corrected chi connectivity index (χ1v) is 13.6. The Balaban J connectivity index is 1.86. The van der Waals surface area contributed by atoms with E-state index < -0.39 is 26.0 Å². The van der Waals surface area contributed by atoms with E-state index in [-0.39, 0.29) is 26.0 Å². The Bertz CT molecular complexity index is 1300. The van der Waals surface area contributed by atoms with Gasteiger partial charge in [0.2, 0.25) is 10.0 Å². The van der Waals surface area contributed by atoms with Crippen LogP contribution < -0.4 is 10.0 Å². The standard InChI is InChI=1S/C21H23N3O5S3/c1-3-24(4-2)32(28,29)17-10-7-9-16(15-17)21(25)22-18-11-5-6-12-19(18)23-31(26,27)20-13-8-14-30-20/h5-15,23H,3-4H2,1-2H3,(H,22,25). The van der Waals surface area contributed by atoms with Gasteiger partial charge in [0, 0.05) is 18.7 Å². The van der Waals surface area contributed by atoms with Crippen molar-refractivity contribution in [3.8, 4) is 0 Å². The normalized spacial score (nSPS) is 12.0. The number of rotatable bonds is 9. The van der Waals surface area contributed by atoms with Gasteiger partial charge in [0.25, 0.3) is 15.9 Å². The highest BCUT2D eigenvalue weighted by Crippen LogP contribution is 2.27. The lowest BCUT2D eigenvalue weighted by atomic mass is 10.2. The van der Waals surface area contributed by atoms with Crippen LogP contribution in [0.4, 0.5) is 11.4 Å². The Morgan fingerprint density at radius 2 is 1.59 bits per heavy atom. The van der Waals surface area contributed by atoms with E-state index in [1.54, 1.807) is 43.5 Å². The maximum absolute atomic E-state index is 12.9. The molecule has 2 aromatic carbocycles. The third-order valence-electron chi connectivity index (χ3n) is 4.62. The second kappa shape index (κ2) is 9.82. The summed E-state index contributed by atoms with van der Waals surface area (Å²) in [6, 6.07) is 15.2. The van der Waals surface area contributed by atoms with Crippen molar-refractivity contribution in [3.05, 3.63) is 71.6 Å². The van der Waals surface area contributed by atoms with E-state index in [1.165, 1.54) is 40.7 Å². The van der Waals surface area contributed by atoms with Crippen LogP contribution >= 0.6 is 11.3 Å². The number of para-hydroxylation sites is 2. The van der Waals surface area contributed by atoms with Crippen molar-refractivity contribution >= 4 is 48.7 Å². The van der Waals surface area contributed by atoms with E-state index in [1.807, 2.05) is 0 Å². The molecule has 0 aliphatic carbocycles. The van der Waals surface area contributed by atoms with Crippen molar-refractivity contribution in [2.75, 3.05) is 23.1 Å². The number of nitrogens with one attached hydrogen (secondary N) is 2. The van der Waals surface area contributed by atoms with Gasteiger partial charge in [-0.1, -0.05) is 38.1 Å². The average Bonchev–Trinajstić information content (AvgIpc) is 3.32. The molecule has 0 fully saturated rings. The molecule has 0 spiro atoms. The Kier molecular flexibility index (Phi) is 7.34. The molecule has 170 valence electrons. The SMILES string of the molecule is CCN(CC)S(=O)(=O)c1cccc(C(=O)Nc2ccccc2NS(=O)(=O)c2cccs2)c1. The summed E-state index contributed by atoms with van der Waals surface area (Å²) in [7, 11) is -7.53. The first kappa shape index (κ1) is 23.9. The zero-order valence-electron chi connectivity index (χ0n) is 17.5. The maximum atomic E-state index is 12.9. The smallest absolute Gasteiger partial charge is 0.271 e. The maximum Gasteiger partial charge on any atom is 0.271 e. The first-order chi connectivity index (χ1) is 15.2. The molecule has 3 rings (SSSR count). The zero-order valence-corrected chi connectivity index (χ0v) is 19.9. The van der Waals surface area contributed by atoms with Gasteiger partial charge >= 0.3 is 0 Å². The Morgan fingerprint density at radius 3 is 2.22 bits per heavy atom. The van der Waals surface area contributed by atoms with Gasteiger partial charge in [0.15, 0.2) is 0 Å². The molecule has 0 aliphatic rings. The van der Waals surface area contributed by atoms with Crippen LogP contribution in [-0.2, 0) is 20.0 Å². The number of thiophene rings is 1. The highest BCUT2D eigenvalue weighted by Gasteiger charge is 2.23. The molecule has 0 unspecified atom stereocenters. The molecule has 11 heteroatoms. The first-order valence-electron chi connectivity index (χ1n) is 9.76. The Hall–Kier alpha value is -2.73. The summed E-state index contributed by atoms with van der Waals surface area (Å²) in [6.07, 6.45) is 0. The summed E-state index contributed by atoms with van der Waals surface area (Å²) in [4.78, 5) is 12.9. The average molecular weight is 494 g/mol. The van der Waals surface area contributed by atoms with Crippen LogP contribution in [0.25, 0.3) is 0 Å². The Labute approximate surface area is 192 Å². The van der Waals surface area contributed by atoms with Crippen molar-refractivity contribution in [3.63, 3.8) is 0 Å². The van der Waals surface area contributed by atoms with Gasteiger partial charge < -0.3 is 5.32 Å². The van der Waals surface area contributed by atoms with E-state index in [0.717, 1.165) is 11.3 Å². The predicted molar refractivity (Wildman–Crippen MR) is 126 cm³/mol. The van der Waals surface area contributed by atoms with Gasteiger partial charge in [-0.05, 0) is 41.8 Å². The van der Waals surface area contributed by atoms with E-state index >= 15 is 0 Å². The van der Waals surface area contributed by atoms with Crippen LogP contribution in [0, 0.1) is 0 Å². The number of carbonyl (C=O) groups is 1. The van der Waals surface area contributed by atoms with Crippen LogP contribution in [0.5, 0.6) is 0 Å². The van der Waals surface area contributed by atoms with Crippen LogP contribution in [-0.4, -0.2) is 40.1 Å². The van der Waals surface area contributed by atoms with Gasteiger partial charge in [-0.3, -0.25) is 9.52 Å². The van der Waals surface area contributed by atoms with Crippen LogP contribution in [0.3, 0.4) is 0 Å². The molecule has 1 heterocycles. The van der Waals surface area contributed by atoms with Crippen molar-refractivity contribution < 1.29 is 21.6 Å². The summed E-state index contributed by atoms with van der Waals surface area (Å²) in [5, 5.41) is 4.31. The van der Waals surface area contributed by atoms with Crippen molar-refractivity contribution in [2.24, 2.45) is 0 Å². The van der Waals surface area contributed by atoms with Crippen molar-refractivity contribution in [1.29, 1.82) is 0 Å². The number of sulfonamides is 2. The number of amides is 1. The fraction of sp³-hybridized carbons (Fsp3) is 0.190. The van der Waals surface area contributed by atoms with Gasteiger partial charge in [-0.15, -0.1) is 11.3 Å². The molecule has 1 amide bonds. The Morgan fingerprint density at radius 1 is 0.906 bits per heavy atom. The van der Waals surface area contributed by atoms with Crippen LogP contribution in [0.2, 0.25) is 0 Å². The predicted octanol–water partition coefficient (Wildman–Crippen LogP) is 3.83. The monoisotopic (exact) mass is 493 g/mol. The van der Waals surface area contributed by atoms with Gasteiger partial charge in [-0.25, -0.2) is 16.8 Å². The largest absolute Gasteiger partial charge is 0.320 e. The molecule has 2 N–H and O–H groups in total. The second-order valence-corrected chi connectivity index (χ2v) is 11.4.